The standard InChI is InChI=1S/C16H10ClN/c17-13-6-3-7-14-15(13)12-9-8-10-4-1-2-5-11(10)16(12)18-14/h1-9,18H. The van der Waals surface area contributed by atoms with Gasteiger partial charge in [-0.15, -0.1) is 0 Å². The van der Waals surface area contributed by atoms with Gasteiger partial charge in [-0.3, -0.25) is 0 Å². The quantitative estimate of drug-likeness (QED) is 0.446. The van der Waals surface area contributed by atoms with Crippen molar-refractivity contribution in [1.82, 2.24) is 4.98 Å². The molecule has 1 aromatic heterocycles. The van der Waals surface area contributed by atoms with Crippen molar-refractivity contribution in [3.63, 3.8) is 0 Å². The second-order valence-corrected chi connectivity index (χ2v) is 4.90. The van der Waals surface area contributed by atoms with E-state index < -0.39 is 0 Å². The van der Waals surface area contributed by atoms with Crippen molar-refractivity contribution >= 4 is 44.2 Å². The van der Waals surface area contributed by atoms with Crippen LogP contribution in [0.5, 0.6) is 0 Å². The fraction of sp³-hybridized carbons (Fsp3) is 0. The molecule has 0 aliphatic heterocycles. The molecular formula is C16H10ClN. The summed E-state index contributed by atoms with van der Waals surface area (Å²) in [5.74, 6) is 0. The fourth-order valence-electron chi connectivity index (χ4n) is 2.65. The van der Waals surface area contributed by atoms with Gasteiger partial charge in [0.15, 0.2) is 0 Å². The van der Waals surface area contributed by atoms with Crippen LogP contribution in [0.2, 0.25) is 5.02 Å². The maximum Gasteiger partial charge on any atom is 0.0545 e. The average molecular weight is 252 g/mol. The summed E-state index contributed by atoms with van der Waals surface area (Å²) < 4.78 is 0. The molecule has 0 aliphatic carbocycles. The number of fused-ring (bicyclic) bond motifs is 5. The smallest absolute Gasteiger partial charge is 0.0545 e. The van der Waals surface area contributed by atoms with Crippen LogP contribution in [0.3, 0.4) is 0 Å². The molecule has 0 aliphatic rings. The molecule has 0 radical (unpaired) electrons. The van der Waals surface area contributed by atoms with E-state index in [1.54, 1.807) is 0 Å². The number of benzene rings is 3. The molecule has 1 N–H and O–H groups in total. The van der Waals surface area contributed by atoms with E-state index in [1.807, 2.05) is 12.1 Å². The van der Waals surface area contributed by atoms with Gasteiger partial charge < -0.3 is 4.98 Å². The molecular weight excluding hydrogens is 242 g/mol. The summed E-state index contributed by atoms with van der Waals surface area (Å²) in [7, 11) is 0. The summed E-state index contributed by atoms with van der Waals surface area (Å²) in [4.78, 5) is 3.48. The Balaban J connectivity index is 2.34. The molecule has 18 heavy (non-hydrogen) atoms. The lowest BCUT2D eigenvalue weighted by Gasteiger charge is -1.99. The van der Waals surface area contributed by atoms with Crippen LogP contribution in [-0.4, -0.2) is 4.98 Å². The third-order valence-electron chi connectivity index (χ3n) is 3.47. The van der Waals surface area contributed by atoms with Gasteiger partial charge in [0.1, 0.15) is 0 Å². The van der Waals surface area contributed by atoms with Crippen molar-refractivity contribution in [2.24, 2.45) is 0 Å². The van der Waals surface area contributed by atoms with E-state index in [1.165, 1.54) is 16.2 Å². The molecule has 1 heterocycles. The number of rotatable bonds is 0. The number of hydrogen-bond acceptors (Lipinski definition) is 0. The first-order valence-corrected chi connectivity index (χ1v) is 6.30. The Morgan fingerprint density at radius 1 is 0.778 bits per heavy atom. The molecule has 0 amide bonds. The summed E-state index contributed by atoms with van der Waals surface area (Å²) in [5, 5.41) is 5.58. The largest absolute Gasteiger partial charge is 0.354 e. The van der Waals surface area contributed by atoms with Gasteiger partial charge in [0, 0.05) is 21.7 Å². The summed E-state index contributed by atoms with van der Waals surface area (Å²) in [6.07, 6.45) is 0. The van der Waals surface area contributed by atoms with E-state index in [0.29, 0.717) is 0 Å². The molecule has 0 bridgehead atoms. The lowest BCUT2D eigenvalue weighted by molar-refractivity contribution is 1.56. The topological polar surface area (TPSA) is 15.8 Å². The maximum atomic E-state index is 6.31. The molecule has 0 unspecified atom stereocenters. The zero-order valence-corrected chi connectivity index (χ0v) is 10.3. The van der Waals surface area contributed by atoms with Crippen molar-refractivity contribution < 1.29 is 0 Å². The van der Waals surface area contributed by atoms with Gasteiger partial charge in [0.25, 0.3) is 0 Å². The average Bonchev–Trinajstić information content (AvgIpc) is 2.79. The van der Waals surface area contributed by atoms with E-state index in [2.05, 4.69) is 47.4 Å². The Morgan fingerprint density at radius 2 is 1.67 bits per heavy atom. The number of aromatic nitrogens is 1. The predicted octanol–water partition coefficient (Wildman–Crippen LogP) is 5.13. The van der Waals surface area contributed by atoms with E-state index in [0.717, 1.165) is 21.4 Å². The summed E-state index contributed by atoms with van der Waals surface area (Å²) in [5.41, 5.74) is 2.25. The van der Waals surface area contributed by atoms with Crippen LogP contribution in [0.25, 0.3) is 32.6 Å². The highest BCUT2D eigenvalue weighted by Gasteiger charge is 2.09. The molecule has 4 rings (SSSR count). The zero-order valence-electron chi connectivity index (χ0n) is 9.57. The minimum Gasteiger partial charge on any atom is -0.354 e. The van der Waals surface area contributed by atoms with Gasteiger partial charge in [-0.25, -0.2) is 0 Å². The highest BCUT2D eigenvalue weighted by Crippen LogP contribution is 2.34. The Labute approximate surface area is 109 Å². The van der Waals surface area contributed by atoms with E-state index in [4.69, 9.17) is 11.6 Å². The summed E-state index contributed by atoms with van der Waals surface area (Å²) >= 11 is 6.31. The van der Waals surface area contributed by atoms with Gasteiger partial charge in [-0.1, -0.05) is 54.1 Å². The third kappa shape index (κ3) is 1.22. The van der Waals surface area contributed by atoms with Crippen LogP contribution < -0.4 is 0 Å². The number of aromatic amines is 1. The van der Waals surface area contributed by atoms with Gasteiger partial charge in [0.2, 0.25) is 0 Å². The lowest BCUT2D eigenvalue weighted by atomic mass is 10.1. The van der Waals surface area contributed by atoms with E-state index in [9.17, 15) is 0 Å². The molecule has 2 heteroatoms. The predicted molar refractivity (Wildman–Crippen MR) is 78.3 cm³/mol. The molecule has 0 atom stereocenters. The van der Waals surface area contributed by atoms with Crippen LogP contribution in [0.1, 0.15) is 0 Å². The number of halogens is 1. The highest BCUT2D eigenvalue weighted by atomic mass is 35.5. The molecule has 3 aromatic carbocycles. The van der Waals surface area contributed by atoms with Crippen molar-refractivity contribution in [2.75, 3.05) is 0 Å². The Bertz CT molecular complexity index is 889. The van der Waals surface area contributed by atoms with Crippen molar-refractivity contribution in [3.05, 3.63) is 59.6 Å². The first-order chi connectivity index (χ1) is 8.84. The van der Waals surface area contributed by atoms with Crippen LogP contribution >= 0.6 is 11.6 Å². The number of H-pyrrole nitrogens is 1. The normalized spacial score (nSPS) is 11.6. The molecule has 1 nitrogen and oxygen atoms in total. The van der Waals surface area contributed by atoms with Crippen molar-refractivity contribution in [1.29, 1.82) is 0 Å². The highest BCUT2D eigenvalue weighted by molar-refractivity contribution is 6.38. The Hall–Kier alpha value is -1.99. The minimum atomic E-state index is 0.800. The maximum absolute atomic E-state index is 6.31. The second kappa shape index (κ2) is 3.50. The summed E-state index contributed by atoms with van der Waals surface area (Å²) in [6.45, 7) is 0. The molecule has 0 saturated carbocycles. The van der Waals surface area contributed by atoms with Crippen LogP contribution in [0.4, 0.5) is 0 Å². The molecule has 86 valence electrons. The number of nitrogens with one attached hydrogen (secondary N) is 1. The molecule has 4 aromatic rings. The Kier molecular flexibility index (Phi) is 1.94. The van der Waals surface area contributed by atoms with Crippen LogP contribution in [0.15, 0.2) is 54.6 Å². The van der Waals surface area contributed by atoms with Gasteiger partial charge >= 0.3 is 0 Å². The molecule has 0 fully saturated rings. The lowest BCUT2D eigenvalue weighted by Crippen LogP contribution is -1.74. The second-order valence-electron chi connectivity index (χ2n) is 4.50. The van der Waals surface area contributed by atoms with Crippen molar-refractivity contribution in [3.8, 4) is 0 Å². The SMILES string of the molecule is Clc1cccc2[nH]c3c4ccccc4ccc3c12. The first kappa shape index (κ1) is 9.98. The van der Waals surface area contributed by atoms with Gasteiger partial charge in [-0.05, 0) is 17.5 Å². The first-order valence-electron chi connectivity index (χ1n) is 5.92. The van der Waals surface area contributed by atoms with E-state index >= 15 is 0 Å². The fourth-order valence-corrected chi connectivity index (χ4v) is 2.93. The molecule has 0 saturated heterocycles. The summed E-state index contributed by atoms with van der Waals surface area (Å²) in [6, 6.07) is 18.7. The Morgan fingerprint density at radius 3 is 2.61 bits per heavy atom. The zero-order chi connectivity index (χ0) is 12.1. The number of hydrogen-bond donors (Lipinski definition) is 1. The van der Waals surface area contributed by atoms with Gasteiger partial charge in [0.05, 0.1) is 10.5 Å². The third-order valence-corrected chi connectivity index (χ3v) is 3.79. The van der Waals surface area contributed by atoms with E-state index in [-0.39, 0.29) is 0 Å². The van der Waals surface area contributed by atoms with Crippen molar-refractivity contribution in [2.45, 2.75) is 0 Å². The minimum absolute atomic E-state index is 0.800. The van der Waals surface area contributed by atoms with Crippen LogP contribution in [-0.2, 0) is 0 Å². The monoisotopic (exact) mass is 251 g/mol. The van der Waals surface area contributed by atoms with Crippen LogP contribution in [0, 0.1) is 0 Å². The molecule has 0 spiro atoms. The van der Waals surface area contributed by atoms with Gasteiger partial charge in [-0.2, -0.15) is 0 Å².